The summed E-state index contributed by atoms with van der Waals surface area (Å²) in [5, 5.41) is 9.08. The Kier molecular flexibility index (Phi) is 5.05. The number of likely N-dealkylation sites (tertiary alicyclic amines) is 1. The number of hydrogen-bond acceptors (Lipinski definition) is 3. The number of carboxylic acid groups (broad SMARTS) is 1. The molecule has 4 heteroatoms. The third kappa shape index (κ3) is 3.47. The van der Waals surface area contributed by atoms with Crippen LogP contribution >= 0.6 is 0 Å². The summed E-state index contributed by atoms with van der Waals surface area (Å²) in [6.45, 7) is 7.19. The van der Waals surface area contributed by atoms with E-state index in [0.717, 1.165) is 39.1 Å². The molecule has 0 spiro atoms. The van der Waals surface area contributed by atoms with Crippen molar-refractivity contribution >= 4 is 5.97 Å². The van der Waals surface area contributed by atoms with Crippen LogP contribution < -0.4 is 0 Å². The maximum Gasteiger partial charge on any atom is 0.321 e. The Morgan fingerprint density at radius 1 is 1.60 bits per heavy atom. The molecule has 1 saturated heterocycles. The van der Waals surface area contributed by atoms with E-state index < -0.39 is 5.97 Å². The van der Waals surface area contributed by atoms with Crippen molar-refractivity contribution in [2.24, 2.45) is 5.92 Å². The van der Waals surface area contributed by atoms with Crippen LogP contribution in [0.4, 0.5) is 0 Å². The molecule has 1 aliphatic rings. The van der Waals surface area contributed by atoms with Gasteiger partial charge in [0.25, 0.3) is 0 Å². The van der Waals surface area contributed by atoms with Crippen molar-refractivity contribution < 1.29 is 14.6 Å². The number of carboxylic acids is 1. The van der Waals surface area contributed by atoms with Gasteiger partial charge in [0.05, 0.1) is 0 Å². The quantitative estimate of drug-likeness (QED) is 0.677. The van der Waals surface area contributed by atoms with Crippen LogP contribution in [0.25, 0.3) is 0 Å². The molecule has 0 saturated carbocycles. The van der Waals surface area contributed by atoms with Crippen molar-refractivity contribution in [3.05, 3.63) is 0 Å². The van der Waals surface area contributed by atoms with Crippen LogP contribution in [-0.2, 0) is 9.53 Å². The molecule has 0 radical (unpaired) electrons. The number of ether oxygens (including phenoxy) is 1. The van der Waals surface area contributed by atoms with Gasteiger partial charge in [0.15, 0.2) is 0 Å². The first kappa shape index (κ1) is 12.5. The van der Waals surface area contributed by atoms with Gasteiger partial charge < -0.3 is 9.84 Å². The van der Waals surface area contributed by atoms with E-state index in [4.69, 9.17) is 9.84 Å². The monoisotopic (exact) mass is 215 g/mol. The molecule has 4 nitrogen and oxygen atoms in total. The largest absolute Gasteiger partial charge is 0.480 e. The molecule has 1 rings (SSSR count). The van der Waals surface area contributed by atoms with E-state index in [0.29, 0.717) is 0 Å². The second-order valence-electron chi connectivity index (χ2n) is 4.14. The Balaban J connectivity index is 2.31. The summed E-state index contributed by atoms with van der Waals surface area (Å²) in [6.07, 6.45) is 1.91. The summed E-state index contributed by atoms with van der Waals surface area (Å²) in [7, 11) is 0. The van der Waals surface area contributed by atoms with Gasteiger partial charge >= 0.3 is 5.97 Å². The molecule has 15 heavy (non-hydrogen) atoms. The summed E-state index contributed by atoms with van der Waals surface area (Å²) in [4.78, 5) is 13.1. The minimum Gasteiger partial charge on any atom is -0.480 e. The number of nitrogens with zero attached hydrogens (tertiary/aromatic N) is 1. The van der Waals surface area contributed by atoms with Gasteiger partial charge in [-0.05, 0) is 32.2 Å². The van der Waals surface area contributed by atoms with E-state index in [-0.39, 0.29) is 12.0 Å². The molecule has 0 amide bonds. The zero-order chi connectivity index (χ0) is 11.3. The standard InChI is InChI=1S/C11H21NO3/c1-3-15-8-4-6-12-7-5-9(2)10(12)11(13)14/h9-10H,3-8H2,1-2H3,(H,13,14). The van der Waals surface area contributed by atoms with E-state index in [1.807, 2.05) is 13.8 Å². The Hall–Kier alpha value is -0.610. The lowest BCUT2D eigenvalue weighted by molar-refractivity contribution is -0.143. The number of rotatable bonds is 6. The van der Waals surface area contributed by atoms with Gasteiger partial charge in [-0.15, -0.1) is 0 Å². The third-order valence-electron chi connectivity index (χ3n) is 3.00. The number of hydrogen-bond donors (Lipinski definition) is 1. The van der Waals surface area contributed by atoms with Crippen LogP contribution in [0.3, 0.4) is 0 Å². The van der Waals surface area contributed by atoms with Crippen LogP contribution in [0.2, 0.25) is 0 Å². The van der Waals surface area contributed by atoms with E-state index >= 15 is 0 Å². The second kappa shape index (κ2) is 6.08. The fourth-order valence-corrected chi connectivity index (χ4v) is 2.19. The first-order valence-corrected chi connectivity index (χ1v) is 5.71. The SMILES string of the molecule is CCOCCCN1CCC(C)C1C(=O)O. The molecular formula is C11H21NO3. The summed E-state index contributed by atoms with van der Waals surface area (Å²) in [5.41, 5.74) is 0. The minimum absolute atomic E-state index is 0.273. The van der Waals surface area contributed by atoms with Crippen LogP contribution in [0.15, 0.2) is 0 Å². The minimum atomic E-state index is -0.684. The maximum atomic E-state index is 11.0. The Labute approximate surface area is 91.2 Å². The normalized spacial score (nSPS) is 27.1. The fourth-order valence-electron chi connectivity index (χ4n) is 2.19. The smallest absolute Gasteiger partial charge is 0.321 e. The number of carbonyl (C=O) groups is 1. The molecule has 0 aliphatic carbocycles. The highest BCUT2D eigenvalue weighted by Gasteiger charge is 2.35. The number of aliphatic carboxylic acids is 1. The van der Waals surface area contributed by atoms with Gasteiger partial charge in [-0.2, -0.15) is 0 Å². The first-order valence-electron chi connectivity index (χ1n) is 5.71. The van der Waals surface area contributed by atoms with Gasteiger partial charge in [-0.3, -0.25) is 9.69 Å². The molecule has 1 fully saturated rings. The topological polar surface area (TPSA) is 49.8 Å². The zero-order valence-electron chi connectivity index (χ0n) is 9.61. The van der Waals surface area contributed by atoms with Crippen LogP contribution in [0.1, 0.15) is 26.7 Å². The highest BCUT2D eigenvalue weighted by Crippen LogP contribution is 2.23. The first-order chi connectivity index (χ1) is 7.16. The fraction of sp³-hybridized carbons (Fsp3) is 0.909. The third-order valence-corrected chi connectivity index (χ3v) is 3.00. The lowest BCUT2D eigenvalue weighted by atomic mass is 10.0. The highest BCUT2D eigenvalue weighted by molar-refractivity contribution is 5.74. The van der Waals surface area contributed by atoms with E-state index in [1.165, 1.54) is 0 Å². The molecule has 2 unspecified atom stereocenters. The lowest BCUT2D eigenvalue weighted by Gasteiger charge is -2.22. The molecule has 1 N–H and O–H groups in total. The Morgan fingerprint density at radius 3 is 2.93 bits per heavy atom. The van der Waals surface area contributed by atoms with Crippen LogP contribution in [0, 0.1) is 5.92 Å². The molecule has 0 bridgehead atoms. The van der Waals surface area contributed by atoms with Gasteiger partial charge in [-0.25, -0.2) is 0 Å². The molecule has 88 valence electrons. The molecule has 0 aromatic heterocycles. The average molecular weight is 215 g/mol. The van der Waals surface area contributed by atoms with Crippen molar-refractivity contribution in [2.45, 2.75) is 32.7 Å². The Bertz CT molecular complexity index is 208. The molecule has 1 heterocycles. The zero-order valence-corrected chi connectivity index (χ0v) is 9.61. The predicted octanol–water partition coefficient (Wildman–Crippen LogP) is 1.21. The van der Waals surface area contributed by atoms with Gasteiger partial charge in [0.2, 0.25) is 0 Å². The lowest BCUT2D eigenvalue weighted by Crippen LogP contribution is -2.39. The van der Waals surface area contributed by atoms with Gasteiger partial charge in [0, 0.05) is 19.8 Å². The molecular weight excluding hydrogens is 194 g/mol. The van der Waals surface area contributed by atoms with Crippen molar-refractivity contribution in [3.8, 4) is 0 Å². The molecule has 0 aromatic carbocycles. The van der Waals surface area contributed by atoms with E-state index in [9.17, 15) is 4.79 Å². The summed E-state index contributed by atoms with van der Waals surface area (Å²) >= 11 is 0. The van der Waals surface area contributed by atoms with Crippen molar-refractivity contribution in [1.82, 2.24) is 4.90 Å². The van der Waals surface area contributed by atoms with Crippen molar-refractivity contribution in [3.63, 3.8) is 0 Å². The van der Waals surface area contributed by atoms with Crippen LogP contribution in [0.5, 0.6) is 0 Å². The maximum absolute atomic E-state index is 11.0. The van der Waals surface area contributed by atoms with Crippen molar-refractivity contribution in [1.29, 1.82) is 0 Å². The average Bonchev–Trinajstić information content (AvgIpc) is 2.54. The van der Waals surface area contributed by atoms with Crippen LogP contribution in [-0.4, -0.2) is 48.3 Å². The van der Waals surface area contributed by atoms with Crippen molar-refractivity contribution in [2.75, 3.05) is 26.3 Å². The Morgan fingerprint density at radius 2 is 2.33 bits per heavy atom. The molecule has 1 aliphatic heterocycles. The summed E-state index contributed by atoms with van der Waals surface area (Å²) < 4.78 is 5.24. The van der Waals surface area contributed by atoms with Gasteiger partial charge in [0.1, 0.15) is 6.04 Å². The second-order valence-corrected chi connectivity index (χ2v) is 4.14. The predicted molar refractivity (Wildman–Crippen MR) is 57.9 cm³/mol. The highest BCUT2D eigenvalue weighted by atomic mass is 16.5. The molecule has 2 atom stereocenters. The van der Waals surface area contributed by atoms with E-state index in [2.05, 4.69) is 4.90 Å². The van der Waals surface area contributed by atoms with Gasteiger partial charge in [-0.1, -0.05) is 6.92 Å². The van der Waals surface area contributed by atoms with E-state index in [1.54, 1.807) is 0 Å². The summed E-state index contributed by atoms with van der Waals surface area (Å²) in [5.74, 6) is -0.411. The summed E-state index contributed by atoms with van der Waals surface area (Å²) in [6, 6.07) is -0.286. The molecule has 0 aromatic rings.